The molecule has 0 aliphatic heterocycles. The van der Waals surface area contributed by atoms with Crippen LogP contribution in [0.2, 0.25) is 0 Å². The summed E-state index contributed by atoms with van der Waals surface area (Å²) in [4.78, 5) is 0. The fourth-order valence-electron chi connectivity index (χ4n) is 2.89. The highest BCUT2D eigenvalue weighted by atomic mass is 19.3. The molecule has 0 spiro atoms. The highest BCUT2D eigenvalue weighted by Gasteiger charge is 2.37. The first-order valence-corrected chi connectivity index (χ1v) is 6.11. The first-order valence-electron chi connectivity index (χ1n) is 6.11. The zero-order valence-electron chi connectivity index (χ0n) is 10.1. The summed E-state index contributed by atoms with van der Waals surface area (Å²) in [7, 11) is 1.68. The lowest BCUT2D eigenvalue weighted by molar-refractivity contribution is 0.140. The van der Waals surface area contributed by atoms with Gasteiger partial charge in [0, 0.05) is 30.8 Å². The monoisotopic (exact) mass is 243 g/mol. The minimum atomic E-state index is -2.52. The van der Waals surface area contributed by atoms with Crippen LogP contribution in [0.4, 0.5) is 8.78 Å². The molecule has 17 heavy (non-hydrogen) atoms. The topological polar surface area (TPSA) is 43.8 Å². The summed E-state index contributed by atoms with van der Waals surface area (Å²) < 4.78 is 27.4. The zero-order valence-corrected chi connectivity index (χ0v) is 10.1. The molecular formula is C12H19F2N3. The number of aryl methyl sites for hydroxylation is 1. The maximum Gasteiger partial charge on any atom is 0.282 e. The zero-order chi connectivity index (χ0) is 12.5. The van der Waals surface area contributed by atoms with Crippen molar-refractivity contribution in [1.82, 2.24) is 9.78 Å². The van der Waals surface area contributed by atoms with Crippen molar-refractivity contribution >= 4 is 0 Å². The van der Waals surface area contributed by atoms with E-state index in [4.69, 9.17) is 5.73 Å². The molecule has 3 nitrogen and oxygen atoms in total. The second kappa shape index (κ2) is 4.72. The van der Waals surface area contributed by atoms with Crippen LogP contribution in [0.3, 0.4) is 0 Å². The Morgan fingerprint density at radius 2 is 2.06 bits per heavy atom. The van der Waals surface area contributed by atoms with Gasteiger partial charge in [0.05, 0.1) is 0 Å². The number of nitrogens with two attached hydrogens (primary N) is 1. The molecule has 1 aliphatic carbocycles. The van der Waals surface area contributed by atoms with Crippen LogP contribution in [-0.4, -0.2) is 16.3 Å². The van der Waals surface area contributed by atoms with Crippen molar-refractivity contribution in [1.29, 1.82) is 0 Å². The van der Waals surface area contributed by atoms with E-state index in [1.54, 1.807) is 13.2 Å². The minimum Gasteiger partial charge on any atom is -0.330 e. The fraction of sp³-hybridized carbons (Fsp3) is 0.750. The van der Waals surface area contributed by atoms with Crippen LogP contribution in [-0.2, 0) is 12.5 Å². The van der Waals surface area contributed by atoms with E-state index in [1.807, 2.05) is 0 Å². The van der Waals surface area contributed by atoms with E-state index in [9.17, 15) is 8.78 Å². The van der Waals surface area contributed by atoms with Gasteiger partial charge in [0.25, 0.3) is 6.43 Å². The molecule has 1 heterocycles. The van der Waals surface area contributed by atoms with Crippen LogP contribution >= 0.6 is 0 Å². The van der Waals surface area contributed by atoms with E-state index in [-0.39, 0.29) is 11.1 Å². The van der Waals surface area contributed by atoms with Gasteiger partial charge in [0.2, 0.25) is 0 Å². The maximum atomic E-state index is 13.0. The van der Waals surface area contributed by atoms with Crippen LogP contribution in [0.15, 0.2) is 6.20 Å². The second-order valence-corrected chi connectivity index (χ2v) is 4.95. The van der Waals surface area contributed by atoms with Crippen LogP contribution in [0.1, 0.15) is 49.8 Å². The van der Waals surface area contributed by atoms with Gasteiger partial charge in [-0.1, -0.05) is 19.3 Å². The quantitative estimate of drug-likeness (QED) is 0.886. The molecule has 0 amide bonds. The van der Waals surface area contributed by atoms with Crippen LogP contribution in [0, 0.1) is 0 Å². The van der Waals surface area contributed by atoms with Crippen molar-refractivity contribution in [2.24, 2.45) is 12.8 Å². The molecule has 0 unspecified atom stereocenters. The third kappa shape index (κ3) is 2.20. The van der Waals surface area contributed by atoms with E-state index in [0.717, 1.165) is 25.7 Å². The highest BCUT2D eigenvalue weighted by Crippen LogP contribution is 2.41. The lowest BCUT2D eigenvalue weighted by Crippen LogP contribution is -2.37. The smallest absolute Gasteiger partial charge is 0.282 e. The summed E-state index contributed by atoms with van der Waals surface area (Å²) in [5, 5.41) is 3.89. The molecule has 2 N–H and O–H groups in total. The van der Waals surface area contributed by atoms with Gasteiger partial charge in [-0.2, -0.15) is 5.10 Å². The SMILES string of the molecule is Cn1cc(C2(CN)CCCCC2)c(C(F)F)n1. The summed E-state index contributed by atoms with van der Waals surface area (Å²) in [6.07, 6.45) is 4.30. The summed E-state index contributed by atoms with van der Waals surface area (Å²) in [5.74, 6) is 0. The number of hydrogen-bond donors (Lipinski definition) is 1. The van der Waals surface area contributed by atoms with Crippen molar-refractivity contribution in [2.45, 2.75) is 43.9 Å². The number of alkyl halides is 2. The van der Waals surface area contributed by atoms with Gasteiger partial charge in [-0.3, -0.25) is 4.68 Å². The third-order valence-electron chi connectivity index (χ3n) is 3.84. The molecule has 1 saturated carbocycles. The summed E-state index contributed by atoms with van der Waals surface area (Å²) in [5.41, 5.74) is 6.17. The standard InChI is InChI=1S/C12H19F2N3/c1-17-7-9(10(16-17)11(13)14)12(8-15)5-3-2-4-6-12/h7,11H,2-6,8,15H2,1H3. The molecule has 5 heteroatoms. The lowest BCUT2D eigenvalue weighted by atomic mass is 9.69. The first kappa shape index (κ1) is 12.5. The molecular weight excluding hydrogens is 224 g/mol. The predicted octanol–water partition coefficient (Wildman–Crippen LogP) is 2.52. The minimum absolute atomic E-state index is 0.0835. The largest absolute Gasteiger partial charge is 0.330 e. The van der Waals surface area contributed by atoms with E-state index in [2.05, 4.69) is 5.10 Å². The van der Waals surface area contributed by atoms with Crippen molar-refractivity contribution in [3.05, 3.63) is 17.5 Å². The first-order chi connectivity index (χ1) is 8.09. The second-order valence-electron chi connectivity index (χ2n) is 4.95. The summed E-state index contributed by atoms with van der Waals surface area (Å²) in [6.45, 7) is 0.429. The Hall–Kier alpha value is -0.970. The van der Waals surface area contributed by atoms with Crippen molar-refractivity contribution in [3.63, 3.8) is 0 Å². The molecule has 1 fully saturated rings. The Bertz CT molecular complexity index is 381. The average Bonchev–Trinajstić information content (AvgIpc) is 2.73. The van der Waals surface area contributed by atoms with Gasteiger partial charge in [-0.15, -0.1) is 0 Å². The number of halogens is 2. The molecule has 1 aromatic heterocycles. The van der Waals surface area contributed by atoms with E-state index in [0.29, 0.717) is 12.1 Å². The Labute approximate surface area is 100.0 Å². The number of nitrogens with zero attached hydrogens (tertiary/aromatic N) is 2. The number of aromatic nitrogens is 2. The van der Waals surface area contributed by atoms with Crippen LogP contribution in [0.25, 0.3) is 0 Å². The molecule has 1 aliphatic rings. The van der Waals surface area contributed by atoms with E-state index in [1.165, 1.54) is 11.1 Å². The third-order valence-corrected chi connectivity index (χ3v) is 3.84. The van der Waals surface area contributed by atoms with Gasteiger partial charge in [0.1, 0.15) is 5.69 Å². The number of hydrogen-bond acceptors (Lipinski definition) is 2. The van der Waals surface area contributed by atoms with Crippen molar-refractivity contribution in [3.8, 4) is 0 Å². The van der Waals surface area contributed by atoms with Crippen molar-refractivity contribution < 1.29 is 8.78 Å². The van der Waals surface area contributed by atoms with E-state index < -0.39 is 6.43 Å². The average molecular weight is 243 g/mol. The number of rotatable bonds is 3. The normalized spacial score (nSPS) is 19.8. The lowest BCUT2D eigenvalue weighted by Gasteiger charge is -2.36. The Morgan fingerprint density at radius 1 is 1.41 bits per heavy atom. The van der Waals surface area contributed by atoms with Crippen LogP contribution < -0.4 is 5.73 Å². The summed E-state index contributed by atoms with van der Waals surface area (Å²) >= 11 is 0. The molecule has 0 saturated heterocycles. The van der Waals surface area contributed by atoms with E-state index >= 15 is 0 Å². The van der Waals surface area contributed by atoms with Gasteiger partial charge in [0.15, 0.2) is 0 Å². The summed E-state index contributed by atoms with van der Waals surface area (Å²) in [6, 6.07) is 0. The van der Waals surface area contributed by atoms with Gasteiger partial charge < -0.3 is 5.73 Å². The fourth-order valence-corrected chi connectivity index (χ4v) is 2.89. The molecule has 0 atom stereocenters. The van der Waals surface area contributed by atoms with Gasteiger partial charge >= 0.3 is 0 Å². The Balaban J connectivity index is 2.42. The molecule has 0 aromatic carbocycles. The maximum absolute atomic E-state index is 13.0. The molecule has 0 radical (unpaired) electrons. The molecule has 2 rings (SSSR count). The molecule has 96 valence electrons. The van der Waals surface area contributed by atoms with Crippen molar-refractivity contribution in [2.75, 3.05) is 6.54 Å². The Morgan fingerprint density at radius 3 is 2.59 bits per heavy atom. The predicted molar refractivity (Wildman–Crippen MR) is 62.0 cm³/mol. The van der Waals surface area contributed by atoms with Gasteiger partial charge in [-0.05, 0) is 12.8 Å². The highest BCUT2D eigenvalue weighted by molar-refractivity contribution is 5.30. The van der Waals surface area contributed by atoms with Gasteiger partial charge in [-0.25, -0.2) is 8.78 Å². The molecule has 0 bridgehead atoms. The Kier molecular flexibility index (Phi) is 3.47. The molecule has 1 aromatic rings. The van der Waals surface area contributed by atoms with Crippen LogP contribution in [0.5, 0.6) is 0 Å².